The lowest BCUT2D eigenvalue weighted by atomic mass is 10.1. The van der Waals surface area contributed by atoms with Crippen molar-refractivity contribution in [2.45, 2.75) is 19.4 Å². The van der Waals surface area contributed by atoms with Gasteiger partial charge in [0.2, 0.25) is 0 Å². The normalized spacial score (nSPS) is 37.6. The van der Waals surface area contributed by atoms with Crippen molar-refractivity contribution in [3.63, 3.8) is 0 Å². The molecule has 2 heteroatoms. The zero-order valence-electron chi connectivity index (χ0n) is 5.05. The summed E-state index contributed by atoms with van der Waals surface area (Å²) in [6.07, 6.45) is 1.23. The summed E-state index contributed by atoms with van der Waals surface area (Å²) < 4.78 is 0. The van der Waals surface area contributed by atoms with Crippen LogP contribution in [0.5, 0.6) is 0 Å². The van der Waals surface area contributed by atoms with Crippen LogP contribution in [0.15, 0.2) is 0 Å². The number of thiocarbonyl (C=S) groups is 1. The molecule has 0 aromatic heterocycles. The second-order valence-electron chi connectivity index (χ2n) is 2.49. The molecule has 8 heavy (non-hydrogen) atoms. The Morgan fingerprint density at radius 2 is 2.50 bits per heavy atom. The van der Waals surface area contributed by atoms with E-state index in [0.29, 0.717) is 6.04 Å². The smallest absolute Gasteiger partial charge is 0.0356 e. The van der Waals surface area contributed by atoms with Crippen LogP contribution in [0.1, 0.15) is 13.3 Å². The van der Waals surface area contributed by atoms with E-state index < -0.39 is 0 Å². The van der Waals surface area contributed by atoms with Gasteiger partial charge < -0.3 is 5.32 Å². The quantitative estimate of drug-likeness (QED) is 0.530. The minimum Gasteiger partial charge on any atom is -0.309 e. The van der Waals surface area contributed by atoms with E-state index in [9.17, 15) is 0 Å². The average molecular weight is 129 g/mol. The summed E-state index contributed by atoms with van der Waals surface area (Å²) in [5.74, 6) is 0.819. The fraction of sp³-hybridized carbons (Fsp3) is 0.833. The maximum Gasteiger partial charge on any atom is 0.0356 e. The molecule has 1 aliphatic heterocycles. The highest BCUT2D eigenvalue weighted by atomic mass is 32.1. The number of hydrogen-bond acceptors (Lipinski definition) is 2. The summed E-state index contributed by atoms with van der Waals surface area (Å²) in [6.45, 7) is 3.38. The highest BCUT2D eigenvalue weighted by Gasteiger charge is 2.17. The largest absolute Gasteiger partial charge is 0.309 e. The molecule has 0 amide bonds. The van der Waals surface area contributed by atoms with E-state index in [1.807, 2.05) is 5.37 Å². The molecule has 0 saturated carbocycles. The fourth-order valence-corrected chi connectivity index (χ4v) is 1.26. The zero-order valence-corrected chi connectivity index (χ0v) is 5.87. The first kappa shape index (κ1) is 6.17. The molecule has 1 aliphatic rings. The molecule has 2 atom stereocenters. The summed E-state index contributed by atoms with van der Waals surface area (Å²) in [5, 5.41) is 5.12. The van der Waals surface area contributed by atoms with Gasteiger partial charge in [-0.2, -0.15) is 0 Å². The van der Waals surface area contributed by atoms with Crippen LogP contribution < -0.4 is 5.32 Å². The van der Waals surface area contributed by atoms with Crippen LogP contribution in [0.25, 0.3) is 0 Å². The zero-order chi connectivity index (χ0) is 5.98. The highest BCUT2D eigenvalue weighted by Crippen LogP contribution is 2.10. The lowest BCUT2D eigenvalue weighted by Crippen LogP contribution is -2.21. The second-order valence-corrected chi connectivity index (χ2v) is 2.76. The molecule has 1 fully saturated rings. The summed E-state index contributed by atoms with van der Waals surface area (Å²) in [7, 11) is 0. The predicted octanol–water partition coefficient (Wildman–Crippen LogP) is 0.984. The molecule has 1 saturated heterocycles. The lowest BCUT2D eigenvalue weighted by Gasteiger charge is -1.97. The predicted molar refractivity (Wildman–Crippen MR) is 39.2 cm³/mol. The van der Waals surface area contributed by atoms with Gasteiger partial charge >= 0.3 is 0 Å². The van der Waals surface area contributed by atoms with Gasteiger partial charge in [-0.15, -0.1) is 0 Å². The van der Waals surface area contributed by atoms with Gasteiger partial charge in [-0.05, 0) is 24.3 Å². The van der Waals surface area contributed by atoms with Crippen LogP contribution in [0.4, 0.5) is 0 Å². The molecule has 1 rings (SSSR count). The maximum absolute atomic E-state index is 4.78. The Bertz CT molecular complexity index is 92.5. The van der Waals surface area contributed by atoms with Crippen molar-refractivity contribution in [3.8, 4) is 0 Å². The Hall–Kier alpha value is 0.0500. The topological polar surface area (TPSA) is 12.0 Å². The van der Waals surface area contributed by atoms with E-state index in [-0.39, 0.29) is 0 Å². The van der Waals surface area contributed by atoms with Crippen molar-refractivity contribution in [1.29, 1.82) is 0 Å². The van der Waals surface area contributed by atoms with E-state index >= 15 is 0 Å². The standard InChI is InChI=1S/C6H11NS/c1-5-2-6(4-8)7-3-5/h4-7H,2-3H2,1H3/t5?,6-/m1/s1. The maximum atomic E-state index is 4.78. The fourth-order valence-electron chi connectivity index (χ4n) is 1.06. The molecule has 1 unspecified atom stereocenters. The van der Waals surface area contributed by atoms with Gasteiger partial charge in [0.05, 0.1) is 0 Å². The molecule has 0 radical (unpaired) electrons. The van der Waals surface area contributed by atoms with Gasteiger partial charge in [-0.25, -0.2) is 0 Å². The molecule has 1 heterocycles. The van der Waals surface area contributed by atoms with Crippen molar-refractivity contribution in [2.75, 3.05) is 6.54 Å². The van der Waals surface area contributed by atoms with E-state index in [1.165, 1.54) is 6.42 Å². The molecule has 0 bridgehead atoms. The minimum absolute atomic E-state index is 0.514. The summed E-state index contributed by atoms with van der Waals surface area (Å²) >= 11 is 4.78. The highest BCUT2D eigenvalue weighted by molar-refractivity contribution is 7.79. The van der Waals surface area contributed by atoms with Gasteiger partial charge in [-0.3, -0.25) is 0 Å². The van der Waals surface area contributed by atoms with Crippen LogP contribution in [0.2, 0.25) is 0 Å². The van der Waals surface area contributed by atoms with Crippen LogP contribution in [-0.4, -0.2) is 18.0 Å². The van der Waals surface area contributed by atoms with Crippen LogP contribution in [0, 0.1) is 5.92 Å². The first-order valence-electron chi connectivity index (χ1n) is 3.01. The van der Waals surface area contributed by atoms with Crippen molar-refractivity contribution in [2.24, 2.45) is 5.92 Å². The van der Waals surface area contributed by atoms with Gasteiger partial charge in [0.15, 0.2) is 0 Å². The van der Waals surface area contributed by atoms with Crippen molar-refractivity contribution >= 4 is 17.6 Å². The van der Waals surface area contributed by atoms with Gasteiger partial charge in [0, 0.05) is 6.04 Å². The Morgan fingerprint density at radius 1 is 1.75 bits per heavy atom. The third-order valence-corrected chi connectivity index (χ3v) is 1.88. The summed E-state index contributed by atoms with van der Waals surface area (Å²) in [6, 6.07) is 0.514. The van der Waals surface area contributed by atoms with E-state index in [0.717, 1.165) is 12.5 Å². The monoisotopic (exact) mass is 129 g/mol. The molecular formula is C6H11NS. The second kappa shape index (κ2) is 2.55. The van der Waals surface area contributed by atoms with Crippen LogP contribution in [0.3, 0.4) is 0 Å². The molecule has 0 aromatic carbocycles. The SMILES string of the molecule is CC1CN[C@@H](C=S)C1. The van der Waals surface area contributed by atoms with E-state index in [1.54, 1.807) is 0 Å². The first-order chi connectivity index (χ1) is 3.83. The van der Waals surface area contributed by atoms with Gasteiger partial charge in [0.1, 0.15) is 0 Å². The Balaban J connectivity index is 2.32. The van der Waals surface area contributed by atoms with Crippen molar-refractivity contribution in [1.82, 2.24) is 5.32 Å². The Morgan fingerprint density at radius 3 is 2.75 bits per heavy atom. The van der Waals surface area contributed by atoms with Crippen molar-refractivity contribution in [3.05, 3.63) is 0 Å². The molecule has 0 aromatic rings. The van der Waals surface area contributed by atoms with Crippen molar-refractivity contribution < 1.29 is 0 Å². The van der Waals surface area contributed by atoms with Gasteiger partial charge in [0.25, 0.3) is 0 Å². The Labute approximate surface area is 55.5 Å². The van der Waals surface area contributed by atoms with E-state index in [2.05, 4.69) is 12.2 Å². The molecule has 1 nitrogen and oxygen atoms in total. The molecule has 0 aliphatic carbocycles. The van der Waals surface area contributed by atoms with Crippen LogP contribution >= 0.6 is 12.2 Å². The lowest BCUT2D eigenvalue weighted by molar-refractivity contribution is 0.647. The number of hydrogen-bond donors (Lipinski definition) is 1. The molecule has 1 N–H and O–H groups in total. The number of rotatable bonds is 1. The summed E-state index contributed by atoms with van der Waals surface area (Å²) in [5.41, 5.74) is 0. The van der Waals surface area contributed by atoms with Crippen LogP contribution in [-0.2, 0) is 0 Å². The van der Waals surface area contributed by atoms with Gasteiger partial charge in [-0.1, -0.05) is 19.1 Å². The van der Waals surface area contributed by atoms with E-state index in [4.69, 9.17) is 12.2 Å². The minimum atomic E-state index is 0.514. The first-order valence-corrected chi connectivity index (χ1v) is 3.48. The summed E-state index contributed by atoms with van der Waals surface area (Å²) in [4.78, 5) is 0. The number of nitrogens with one attached hydrogen (secondary N) is 1. The third-order valence-electron chi connectivity index (χ3n) is 1.55. The molecule has 0 spiro atoms. The molecular weight excluding hydrogens is 118 g/mol. The Kier molecular flexibility index (Phi) is 1.97. The average Bonchev–Trinajstić information content (AvgIpc) is 2.14. The molecule has 46 valence electrons. The third kappa shape index (κ3) is 1.26.